The number of carbonyl (C=O) groups is 6. The number of nitrogens with two attached hydrogens (primary N) is 1. The molecule has 6 amide bonds. The van der Waals surface area contributed by atoms with Crippen LogP contribution in [0.3, 0.4) is 0 Å². The monoisotopic (exact) mass is 916 g/mol. The fraction of sp³-hybridized carbons (Fsp3) is 0.591. The first kappa shape index (κ1) is 46.7. The van der Waals surface area contributed by atoms with Gasteiger partial charge in [-0.15, -0.1) is 0 Å². The molecule has 16 nitrogen and oxygen atoms in total. The molecule has 3 N–H and O–H groups in total. The number of halogens is 4. The average molecular weight is 917 g/mol. The minimum atomic E-state index is -4.82. The maximum atomic E-state index is 14.2. The molecule has 0 bridgehead atoms. The molecule has 1 atom stereocenters. The molecule has 5 heterocycles. The predicted molar refractivity (Wildman–Crippen MR) is 229 cm³/mol. The van der Waals surface area contributed by atoms with Crippen molar-refractivity contribution in [3.8, 4) is 0 Å². The second kappa shape index (κ2) is 20.7. The van der Waals surface area contributed by atoms with Crippen LogP contribution in [0.15, 0.2) is 36.4 Å². The second-order valence-electron chi connectivity index (χ2n) is 17.0. The number of carbonyl (C=O) groups excluding carboxylic acids is 6. The smallest absolute Gasteiger partial charge is 0.418 e. The number of likely N-dealkylation sites (tertiary alicyclic amines) is 3. The van der Waals surface area contributed by atoms with Gasteiger partial charge in [-0.3, -0.25) is 24.1 Å². The highest BCUT2D eigenvalue weighted by atomic mass is 35.5. The fourth-order valence-corrected chi connectivity index (χ4v) is 9.60. The zero-order chi connectivity index (χ0) is 45.5. The number of ether oxygens (including phenoxy) is 2. The SMILES string of the molecule is Nc1c(Cl)cc(C[C@@H](OC(=O)N2CCC(N3CCc4ccccc4NC3=O)CC2)C(=O)N2CCC(N3CCN(C(=O)CCC(=O)OCCN4CCCC4=O)CC3)CC2)cc1C(F)(F)F. The van der Waals surface area contributed by atoms with E-state index < -0.39 is 41.5 Å². The maximum absolute atomic E-state index is 14.2. The Hall–Kier alpha value is -5.30. The third-order valence-corrected chi connectivity index (χ3v) is 13.4. The Balaban J connectivity index is 0.910. The van der Waals surface area contributed by atoms with Crippen LogP contribution < -0.4 is 11.1 Å². The van der Waals surface area contributed by atoms with Crippen molar-refractivity contribution in [1.29, 1.82) is 0 Å². The van der Waals surface area contributed by atoms with Gasteiger partial charge in [0.15, 0.2) is 6.10 Å². The molecule has 5 aliphatic heterocycles. The molecule has 64 heavy (non-hydrogen) atoms. The van der Waals surface area contributed by atoms with Crippen LogP contribution >= 0.6 is 11.6 Å². The number of benzene rings is 2. The Morgan fingerprint density at radius 3 is 2.20 bits per heavy atom. The Labute approximate surface area is 375 Å². The summed E-state index contributed by atoms with van der Waals surface area (Å²) >= 11 is 6.15. The molecular formula is C44H56ClF3N8O8. The highest BCUT2D eigenvalue weighted by Crippen LogP contribution is 2.38. The summed E-state index contributed by atoms with van der Waals surface area (Å²) in [6.07, 6.45) is -3.35. The summed E-state index contributed by atoms with van der Waals surface area (Å²) in [5.74, 6) is -1.10. The number of nitrogens with one attached hydrogen (secondary N) is 1. The number of amides is 6. The van der Waals surface area contributed by atoms with Crippen molar-refractivity contribution in [3.05, 3.63) is 58.1 Å². The van der Waals surface area contributed by atoms with Crippen molar-refractivity contribution in [2.24, 2.45) is 0 Å². The van der Waals surface area contributed by atoms with Gasteiger partial charge in [0.2, 0.25) is 11.8 Å². The summed E-state index contributed by atoms with van der Waals surface area (Å²) in [5.41, 5.74) is 5.73. The number of piperazine rings is 1. The number of urea groups is 1. The van der Waals surface area contributed by atoms with E-state index in [1.807, 2.05) is 24.3 Å². The number of alkyl halides is 3. The molecule has 0 unspecified atom stereocenters. The highest BCUT2D eigenvalue weighted by Gasteiger charge is 2.39. The molecule has 0 aromatic heterocycles. The number of nitrogens with zero attached hydrogens (tertiary/aromatic N) is 6. The van der Waals surface area contributed by atoms with Crippen LogP contribution in [0, 0.1) is 0 Å². The summed E-state index contributed by atoms with van der Waals surface area (Å²) in [5, 5.41) is 2.64. The lowest BCUT2D eigenvalue weighted by molar-refractivity contribution is -0.147. The first-order chi connectivity index (χ1) is 30.6. The summed E-state index contributed by atoms with van der Waals surface area (Å²) in [7, 11) is 0. The molecule has 5 aliphatic rings. The van der Waals surface area contributed by atoms with Crippen LogP contribution in [-0.4, -0.2) is 162 Å². The average Bonchev–Trinajstić information content (AvgIpc) is 3.61. The van der Waals surface area contributed by atoms with E-state index in [0.717, 1.165) is 23.7 Å². The summed E-state index contributed by atoms with van der Waals surface area (Å²) in [6, 6.07) is 9.45. The normalized spacial score (nSPS) is 19.8. The lowest BCUT2D eigenvalue weighted by Gasteiger charge is -2.43. The van der Waals surface area contributed by atoms with Gasteiger partial charge in [-0.2, -0.15) is 13.2 Å². The van der Waals surface area contributed by atoms with Crippen molar-refractivity contribution < 1.29 is 51.4 Å². The summed E-state index contributed by atoms with van der Waals surface area (Å²) < 4.78 is 53.0. The van der Waals surface area contributed by atoms with Gasteiger partial charge >= 0.3 is 24.3 Å². The van der Waals surface area contributed by atoms with Gasteiger partial charge in [-0.25, -0.2) is 9.59 Å². The fourth-order valence-electron chi connectivity index (χ4n) is 9.36. The molecule has 2 aromatic rings. The summed E-state index contributed by atoms with van der Waals surface area (Å²) in [6.45, 7) is 4.90. The zero-order valence-corrected chi connectivity index (χ0v) is 36.5. The van der Waals surface area contributed by atoms with Crippen LogP contribution in [-0.2, 0) is 47.7 Å². The van der Waals surface area contributed by atoms with Gasteiger partial charge in [0.25, 0.3) is 5.91 Å². The zero-order valence-electron chi connectivity index (χ0n) is 35.8. The van der Waals surface area contributed by atoms with Crippen molar-refractivity contribution >= 4 is 58.8 Å². The van der Waals surface area contributed by atoms with E-state index in [1.165, 1.54) is 11.0 Å². The van der Waals surface area contributed by atoms with E-state index in [0.29, 0.717) is 97.4 Å². The topological polar surface area (TPSA) is 178 Å². The molecule has 0 spiro atoms. The quantitative estimate of drug-likeness (QED) is 0.226. The van der Waals surface area contributed by atoms with Crippen LogP contribution in [0.2, 0.25) is 5.02 Å². The Bertz CT molecular complexity index is 2050. The number of piperidine rings is 2. The van der Waals surface area contributed by atoms with Crippen molar-refractivity contribution in [1.82, 2.24) is 29.4 Å². The number of hydrogen-bond acceptors (Lipinski definition) is 10. The molecule has 0 aliphatic carbocycles. The van der Waals surface area contributed by atoms with E-state index in [1.54, 1.807) is 19.6 Å². The Kier molecular flexibility index (Phi) is 15.1. The predicted octanol–water partition coefficient (Wildman–Crippen LogP) is 4.62. The van der Waals surface area contributed by atoms with Crippen molar-refractivity contribution in [2.75, 3.05) is 89.6 Å². The third-order valence-electron chi connectivity index (χ3n) is 13.0. The summed E-state index contributed by atoms with van der Waals surface area (Å²) in [4.78, 5) is 88.5. The number of hydrogen-bond donors (Lipinski definition) is 2. The highest BCUT2D eigenvalue weighted by molar-refractivity contribution is 6.33. The van der Waals surface area contributed by atoms with Gasteiger partial charge in [0.1, 0.15) is 6.61 Å². The van der Waals surface area contributed by atoms with E-state index in [-0.39, 0.29) is 79.5 Å². The number of esters is 1. The number of anilines is 2. The standard InChI is InChI=1S/C44H56ClF3N8O8/c45-34-27-29(26-33(40(34)49)44(46,47)48)28-36(64-43(62)55-17-12-32(13-18-55)56-19-9-30-4-1-2-5-35(30)50-42(56)61)41(60)54-15-10-31(11-16-54)51-20-22-53(23-21-51)38(58)7-8-39(59)63-25-24-52-14-3-6-37(52)57/h1-2,4-5,26-27,31-32,36H,3,6-25,28,49H2,(H,50,61)/t36-/m1/s1. The van der Waals surface area contributed by atoms with Crippen LogP contribution in [0.5, 0.6) is 0 Å². The van der Waals surface area contributed by atoms with E-state index in [4.69, 9.17) is 26.8 Å². The minimum absolute atomic E-state index is 0.0268. The third kappa shape index (κ3) is 11.5. The first-order valence-corrected chi connectivity index (χ1v) is 22.5. The van der Waals surface area contributed by atoms with Crippen molar-refractivity contribution in [2.45, 2.75) is 88.6 Å². The number of rotatable bonds is 12. The second-order valence-corrected chi connectivity index (χ2v) is 17.4. The van der Waals surface area contributed by atoms with Gasteiger partial charge < -0.3 is 45.0 Å². The molecular weight excluding hydrogens is 861 g/mol. The Morgan fingerprint density at radius 2 is 1.52 bits per heavy atom. The molecule has 348 valence electrons. The largest absolute Gasteiger partial charge is 0.464 e. The van der Waals surface area contributed by atoms with Crippen LogP contribution in [0.4, 0.5) is 34.1 Å². The molecule has 0 saturated carbocycles. The molecule has 4 saturated heterocycles. The molecule has 0 radical (unpaired) electrons. The van der Waals surface area contributed by atoms with E-state index in [9.17, 15) is 41.9 Å². The van der Waals surface area contributed by atoms with E-state index in [2.05, 4.69) is 10.2 Å². The maximum Gasteiger partial charge on any atom is 0.418 e. The number of fused-ring (bicyclic) bond motifs is 1. The van der Waals surface area contributed by atoms with Crippen molar-refractivity contribution in [3.63, 3.8) is 0 Å². The van der Waals surface area contributed by atoms with Gasteiger partial charge in [-0.05, 0) is 67.9 Å². The molecule has 20 heteroatoms. The first-order valence-electron chi connectivity index (χ1n) is 22.1. The van der Waals surface area contributed by atoms with Gasteiger partial charge in [0, 0.05) is 102 Å². The van der Waals surface area contributed by atoms with Crippen LogP contribution in [0.1, 0.15) is 68.1 Å². The van der Waals surface area contributed by atoms with Crippen LogP contribution in [0.25, 0.3) is 0 Å². The Morgan fingerprint density at radius 1 is 0.828 bits per heavy atom. The molecule has 4 fully saturated rings. The number of nitrogen functional groups attached to an aromatic ring is 1. The van der Waals surface area contributed by atoms with E-state index >= 15 is 0 Å². The lowest BCUT2D eigenvalue weighted by Crippen LogP contribution is -2.56. The molecule has 2 aromatic carbocycles. The van der Waals surface area contributed by atoms with Gasteiger partial charge in [0.05, 0.1) is 29.2 Å². The minimum Gasteiger partial charge on any atom is -0.464 e. The molecule has 7 rings (SSSR count). The number of para-hydroxylation sites is 1. The lowest BCUT2D eigenvalue weighted by atomic mass is 9.99. The van der Waals surface area contributed by atoms with Gasteiger partial charge in [-0.1, -0.05) is 29.8 Å².